The van der Waals surface area contributed by atoms with Gasteiger partial charge in [-0.3, -0.25) is 14.5 Å². The summed E-state index contributed by atoms with van der Waals surface area (Å²) in [5, 5.41) is 11.3. The third-order valence-corrected chi connectivity index (χ3v) is 6.53. The second kappa shape index (κ2) is 10.7. The highest BCUT2D eigenvalue weighted by molar-refractivity contribution is 6.51. The van der Waals surface area contributed by atoms with Gasteiger partial charge in [-0.15, -0.1) is 0 Å². The number of aryl methyl sites for hydroxylation is 1. The number of hydrogen-bond donors (Lipinski definition) is 1. The molecule has 4 rings (SSSR count). The molecule has 36 heavy (non-hydrogen) atoms. The number of carbonyl (C=O) groups is 2. The summed E-state index contributed by atoms with van der Waals surface area (Å²) < 4.78 is 5.50. The molecule has 3 aromatic carbocycles. The number of nitrogens with zero attached hydrogens (tertiary/aromatic N) is 2. The molecule has 3 aromatic rings. The van der Waals surface area contributed by atoms with Crippen LogP contribution in [0.15, 0.2) is 78.4 Å². The lowest BCUT2D eigenvalue weighted by atomic mass is 9.94. The first-order valence-electron chi connectivity index (χ1n) is 12.3. The Kier molecular flexibility index (Phi) is 7.44. The highest BCUT2D eigenvalue weighted by atomic mass is 16.5. The van der Waals surface area contributed by atoms with Gasteiger partial charge in [-0.2, -0.15) is 0 Å². The highest BCUT2D eigenvalue weighted by Crippen LogP contribution is 2.42. The first kappa shape index (κ1) is 25.0. The van der Waals surface area contributed by atoms with Gasteiger partial charge in [0, 0.05) is 30.0 Å². The Hall–Kier alpha value is -4.06. The predicted molar refractivity (Wildman–Crippen MR) is 144 cm³/mol. The van der Waals surface area contributed by atoms with E-state index >= 15 is 0 Å². The summed E-state index contributed by atoms with van der Waals surface area (Å²) in [6, 6.07) is 21.4. The standard InChI is InChI=1S/C30H32N2O4/c1-5-31(6-2)23-16-10-21(11-17-23)27-26(28(33)22-12-18-25(19-13-22)36-7-3)29(34)30(35)32(27)24-14-8-20(4)9-15-24/h8-19,27,33H,5-7H2,1-4H3/b28-26-. The molecule has 0 radical (unpaired) electrons. The quantitative estimate of drug-likeness (QED) is 0.246. The van der Waals surface area contributed by atoms with E-state index in [1.54, 1.807) is 24.3 Å². The van der Waals surface area contributed by atoms with Crippen LogP contribution in [-0.2, 0) is 9.59 Å². The van der Waals surface area contributed by atoms with E-state index in [0.717, 1.165) is 29.9 Å². The molecule has 1 fully saturated rings. The minimum Gasteiger partial charge on any atom is -0.507 e. The molecule has 1 unspecified atom stereocenters. The van der Waals surface area contributed by atoms with Gasteiger partial charge in [-0.1, -0.05) is 29.8 Å². The van der Waals surface area contributed by atoms with Crippen LogP contribution in [0.25, 0.3) is 5.76 Å². The number of ketones is 1. The number of rotatable bonds is 8. The fraction of sp³-hybridized carbons (Fsp3) is 0.267. The Labute approximate surface area is 212 Å². The van der Waals surface area contributed by atoms with Crippen molar-refractivity contribution < 1.29 is 19.4 Å². The van der Waals surface area contributed by atoms with Gasteiger partial charge in [-0.05, 0) is 81.8 Å². The molecule has 0 bridgehead atoms. The lowest BCUT2D eigenvalue weighted by molar-refractivity contribution is -0.132. The SMILES string of the molecule is CCOc1ccc(/C(O)=C2/C(=O)C(=O)N(c3ccc(C)cc3)C2c2ccc(N(CC)CC)cc2)cc1. The van der Waals surface area contributed by atoms with Crippen LogP contribution in [-0.4, -0.2) is 36.5 Å². The highest BCUT2D eigenvalue weighted by Gasteiger charge is 2.47. The van der Waals surface area contributed by atoms with Gasteiger partial charge >= 0.3 is 0 Å². The fourth-order valence-corrected chi connectivity index (χ4v) is 4.61. The molecule has 6 heteroatoms. The molecule has 186 valence electrons. The summed E-state index contributed by atoms with van der Waals surface area (Å²) in [5.41, 5.74) is 3.97. The van der Waals surface area contributed by atoms with E-state index in [-0.39, 0.29) is 11.3 Å². The maximum Gasteiger partial charge on any atom is 0.300 e. The summed E-state index contributed by atoms with van der Waals surface area (Å²) in [4.78, 5) is 30.4. The molecule has 1 aliphatic heterocycles. The van der Waals surface area contributed by atoms with E-state index in [2.05, 4.69) is 18.7 Å². The van der Waals surface area contributed by atoms with Gasteiger partial charge < -0.3 is 14.7 Å². The average molecular weight is 485 g/mol. The van der Waals surface area contributed by atoms with Crippen LogP contribution in [0, 0.1) is 6.92 Å². The maximum atomic E-state index is 13.3. The van der Waals surface area contributed by atoms with Crippen molar-refractivity contribution in [2.45, 2.75) is 33.7 Å². The normalized spacial score (nSPS) is 16.9. The van der Waals surface area contributed by atoms with E-state index in [0.29, 0.717) is 23.6 Å². The van der Waals surface area contributed by atoms with Crippen molar-refractivity contribution in [3.63, 3.8) is 0 Å². The zero-order valence-electron chi connectivity index (χ0n) is 21.2. The average Bonchev–Trinajstić information content (AvgIpc) is 3.16. The molecule has 1 N–H and O–H groups in total. The van der Waals surface area contributed by atoms with Gasteiger partial charge in [0.15, 0.2) is 0 Å². The first-order chi connectivity index (χ1) is 17.4. The van der Waals surface area contributed by atoms with Crippen LogP contribution in [0.1, 0.15) is 43.5 Å². The molecule has 0 spiro atoms. The Morgan fingerprint density at radius 3 is 2.06 bits per heavy atom. The van der Waals surface area contributed by atoms with Crippen molar-refractivity contribution in [2.75, 3.05) is 29.5 Å². The number of amides is 1. The van der Waals surface area contributed by atoms with Crippen LogP contribution >= 0.6 is 0 Å². The number of aliphatic hydroxyl groups is 1. The van der Waals surface area contributed by atoms with Crippen molar-refractivity contribution in [3.8, 4) is 5.75 Å². The fourth-order valence-electron chi connectivity index (χ4n) is 4.61. The predicted octanol–water partition coefficient (Wildman–Crippen LogP) is 5.87. The summed E-state index contributed by atoms with van der Waals surface area (Å²) in [6.07, 6.45) is 0. The van der Waals surface area contributed by atoms with Gasteiger partial charge in [0.25, 0.3) is 11.7 Å². The monoisotopic (exact) mass is 484 g/mol. The van der Waals surface area contributed by atoms with E-state index in [9.17, 15) is 14.7 Å². The number of Topliss-reactive ketones (excluding diaryl/α,β-unsaturated/α-hetero) is 1. The molecular weight excluding hydrogens is 452 g/mol. The van der Waals surface area contributed by atoms with E-state index in [1.165, 1.54) is 4.90 Å². The topological polar surface area (TPSA) is 70.1 Å². The second-order valence-electron chi connectivity index (χ2n) is 8.73. The van der Waals surface area contributed by atoms with Gasteiger partial charge in [0.05, 0.1) is 18.2 Å². The maximum absolute atomic E-state index is 13.3. The molecule has 1 saturated heterocycles. The molecule has 0 aromatic heterocycles. The third-order valence-electron chi connectivity index (χ3n) is 6.53. The molecular formula is C30H32N2O4. The summed E-state index contributed by atoms with van der Waals surface area (Å²) >= 11 is 0. The van der Waals surface area contributed by atoms with Gasteiger partial charge in [0.2, 0.25) is 0 Å². The Bertz CT molecular complexity index is 1260. The molecule has 1 atom stereocenters. The minimum atomic E-state index is -0.759. The summed E-state index contributed by atoms with van der Waals surface area (Å²) in [6.45, 7) is 10.3. The largest absolute Gasteiger partial charge is 0.507 e. The van der Waals surface area contributed by atoms with Crippen molar-refractivity contribution in [1.29, 1.82) is 0 Å². The number of anilines is 2. The minimum absolute atomic E-state index is 0.0697. The van der Waals surface area contributed by atoms with Crippen molar-refractivity contribution in [3.05, 3.63) is 95.1 Å². The first-order valence-corrected chi connectivity index (χ1v) is 12.3. The zero-order valence-corrected chi connectivity index (χ0v) is 21.2. The number of benzene rings is 3. The smallest absolute Gasteiger partial charge is 0.300 e. The lowest BCUT2D eigenvalue weighted by Gasteiger charge is -2.27. The van der Waals surface area contributed by atoms with Crippen LogP contribution in [0.2, 0.25) is 0 Å². The van der Waals surface area contributed by atoms with Crippen molar-refractivity contribution in [2.24, 2.45) is 0 Å². The lowest BCUT2D eigenvalue weighted by Crippen LogP contribution is -2.29. The summed E-state index contributed by atoms with van der Waals surface area (Å²) in [7, 11) is 0. The van der Waals surface area contributed by atoms with Gasteiger partial charge in [0.1, 0.15) is 11.5 Å². The van der Waals surface area contributed by atoms with Crippen molar-refractivity contribution >= 4 is 28.8 Å². The second-order valence-corrected chi connectivity index (χ2v) is 8.73. The van der Waals surface area contributed by atoms with E-state index in [4.69, 9.17) is 4.74 Å². The van der Waals surface area contributed by atoms with Crippen LogP contribution < -0.4 is 14.5 Å². The Morgan fingerprint density at radius 2 is 1.50 bits per heavy atom. The molecule has 1 amide bonds. The molecule has 1 heterocycles. The number of carbonyl (C=O) groups excluding carboxylic acids is 2. The summed E-state index contributed by atoms with van der Waals surface area (Å²) in [5.74, 6) is -0.912. The third kappa shape index (κ3) is 4.71. The van der Waals surface area contributed by atoms with E-state index < -0.39 is 17.7 Å². The number of hydrogen-bond acceptors (Lipinski definition) is 5. The number of ether oxygens (including phenoxy) is 1. The molecule has 6 nitrogen and oxygen atoms in total. The number of aliphatic hydroxyl groups excluding tert-OH is 1. The Morgan fingerprint density at radius 1 is 0.889 bits per heavy atom. The Balaban J connectivity index is 1.85. The molecule has 1 aliphatic rings. The molecule has 0 aliphatic carbocycles. The van der Waals surface area contributed by atoms with E-state index in [1.807, 2.05) is 62.4 Å². The van der Waals surface area contributed by atoms with Crippen molar-refractivity contribution in [1.82, 2.24) is 0 Å². The van der Waals surface area contributed by atoms with Crippen LogP contribution in [0.3, 0.4) is 0 Å². The van der Waals surface area contributed by atoms with Crippen LogP contribution in [0.5, 0.6) is 5.75 Å². The van der Waals surface area contributed by atoms with Crippen LogP contribution in [0.4, 0.5) is 11.4 Å². The zero-order chi connectivity index (χ0) is 25.8. The van der Waals surface area contributed by atoms with Gasteiger partial charge in [-0.25, -0.2) is 0 Å². The molecule has 0 saturated carbocycles.